The minimum Gasteiger partial charge on any atom is -0.465 e. The third kappa shape index (κ3) is 6.14. The SMILES string of the molecule is CCOC(=O)CN(C(=O)CSc1nnc(-c2ccncc2)n1CCOC)c1ccccc1. The highest BCUT2D eigenvalue weighted by Gasteiger charge is 2.22. The standard InChI is InChI=1S/C22H25N5O4S/c1-3-31-20(29)15-27(18-7-5-4-6-8-18)19(28)16-32-22-25-24-21(26(22)13-14-30-2)17-9-11-23-12-10-17/h4-12H,3,13-16H2,1-2H3. The highest BCUT2D eigenvalue weighted by Crippen LogP contribution is 2.24. The number of carbonyl (C=O) groups excluding carboxylic acids is 2. The summed E-state index contributed by atoms with van der Waals surface area (Å²) in [6.07, 6.45) is 3.38. The number of thioether (sulfide) groups is 1. The van der Waals surface area contributed by atoms with Gasteiger partial charge in [-0.2, -0.15) is 0 Å². The lowest BCUT2D eigenvalue weighted by Gasteiger charge is -2.21. The molecule has 1 aromatic carbocycles. The van der Waals surface area contributed by atoms with Crippen molar-refractivity contribution in [3.63, 3.8) is 0 Å². The van der Waals surface area contributed by atoms with Crippen molar-refractivity contribution >= 4 is 29.3 Å². The smallest absolute Gasteiger partial charge is 0.326 e. The van der Waals surface area contributed by atoms with E-state index in [1.165, 1.54) is 16.7 Å². The lowest BCUT2D eigenvalue weighted by atomic mass is 10.2. The van der Waals surface area contributed by atoms with Crippen LogP contribution in [0.4, 0.5) is 5.69 Å². The number of hydrogen-bond acceptors (Lipinski definition) is 8. The first kappa shape index (κ1) is 23.4. The van der Waals surface area contributed by atoms with Crippen LogP contribution in [0.1, 0.15) is 6.92 Å². The maximum absolute atomic E-state index is 13.1. The van der Waals surface area contributed by atoms with Gasteiger partial charge in [0.2, 0.25) is 5.91 Å². The number of rotatable bonds is 11. The number of aromatic nitrogens is 4. The Balaban J connectivity index is 1.78. The quantitative estimate of drug-likeness (QED) is 0.321. The van der Waals surface area contributed by atoms with Crippen molar-refractivity contribution in [1.82, 2.24) is 19.7 Å². The molecule has 0 atom stereocenters. The summed E-state index contributed by atoms with van der Waals surface area (Å²) in [5, 5.41) is 9.17. The molecule has 2 aromatic heterocycles. The molecule has 9 nitrogen and oxygen atoms in total. The van der Waals surface area contributed by atoms with Gasteiger partial charge in [0, 0.05) is 30.8 Å². The Bertz CT molecular complexity index is 1010. The Morgan fingerprint density at radius 2 is 1.84 bits per heavy atom. The molecule has 3 aromatic rings. The Labute approximate surface area is 190 Å². The average molecular weight is 456 g/mol. The molecule has 2 heterocycles. The van der Waals surface area contributed by atoms with Crippen LogP contribution in [0, 0.1) is 0 Å². The van der Waals surface area contributed by atoms with Gasteiger partial charge in [-0.05, 0) is 31.2 Å². The Morgan fingerprint density at radius 1 is 1.09 bits per heavy atom. The summed E-state index contributed by atoms with van der Waals surface area (Å²) >= 11 is 1.26. The van der Waals surface area contributed by atoms with Crippen molar-refractivity contribution in [3.05, 3.63) is 54.9 Å². The lowest BCUT2D eigenvalue weighted by Crippen LogP contribution is -2.37. The van der Waals surface area contributed by atoms with Crippen molar-refractivity contribution in [2.24, 2.45) is 0 Å². The summed E-state index contributed by atoms with van der Waals surface area (Å²) in [7, 11) is 1.62. The number of carbonyl (C=O) groups is 2. The van der Waals surface area contributed by atoms with E-state index in [1.807, 2.05) is 34.9 Å². The predicted octanol–water partition coefficient (Wildman–Crippen LogP) is 2.67. The molecule has 168 valence electrons. The number of nitrogens with zero attached hydrogens (tertiary/aromatic N) is 5. The van der Waals surface area contributed by atoms with Gasteiger partial charge in [-0.25, -0.2) is 0 Å². The molecule has 0 N–H and O–H groups in total. The van der Waals surface area contributed by atoms with E-state index in [2.05, 4.69) is 15.2 Å². The fourth-order valence-electron chi connectivity index (χ4n) is 2.97. The van der Waals surface area contributed by atoms with E-state index in [4.69, 9.17) is 9.47 Å². The molecule has 0 fully saturated rings. The van der Waals surface area contributed by atoms with Crippen molar-refractivity contribution in [3.8, 4) is 11.4 Å². The number of hydrogen-bond donors (Lipinski definition) is 0. The molecule has 0 saturated carbocycles. The molecule has 32 heavy (non-hydrogen) atoms. The summed E-state index contributed by atoms with van der Waals surface area (Å²) < 4.78 is 12.2. The second-order valence-corrected chi connectivity index (χ2v) is 7.54. The molecule has 10 heteroatoms. The van der Waals surface area contributed by atoms with Gasteiger partial charge in [0.05, 0.1) is 25.5 Å². The highest BCUT2D eigenvalue weighted by atomic mass is 32.2. The second-order valence-electron chi connectivity index (χ2n) is 6.60. The molecular weight excluding hydrogens is 430 g/mol. The molecule has 0 unspecified atom stereocenters. The van der Waals surface area contributed by atoms with Crippen LogP contribution >= 0.6 is 11.8 Å². The topological polar surface area (TPSA) is 99.4 Å². The third-order valence-corrected chi connectivity index (χ3v) is 5.41. The number of pyridine rings is 1. The first-order valence-corrected chi connectivity index (χ1v) is 11.1. The summed E-state index contributed by atoms with van der Waals surface area (Å²) in [5.74, 6) is 0.0558. The van der Waals surface area contributed by atoms with Gasteiger partial charge in [0.1, 0.15) is 6.54 Å². The fourth-order valence-corrected chi connectivity index (χ4v) is 3.81. The van der Waals surface area contributed by atoms with E-state index in [-0.39, 0.29) is 24.8 Å². The van der Waals surface area contributed by atoms with Crippen LogP contribution in [0.5, 0.6) is 0 Å². The van der Waals surface area contributed by atoms with Gasteiger partial charge < -0.3 is 14.4 Å². The number of methoxy groups -OCH3 is 1. The van der Waals surface area contributed by atoms with Crippen LogP contribution in [0.25, 0.3) is 11.4 Å². The molecule has 3 rings (SSSR count). The molecule has 0 aliphatic carbocycles. The molecule has 0 spiro atoms. The maximum atomic E-state index is 13.1. The zero-order valence-corrected chi connectivity index (χ0v) is 18.8. The number of para-hydroxylation sites is 1. The van der Waals surface area contributed by atoms with E-state index >= 15 is 0 Å². The summed E-state index contributed by atoms with van der Waals surface area (Å²) in [6, 6.07) is 12.7. The Hall–Kier alpha value is -3.24. The molecule has 1 amide bonds. The fraction of sp³-hybridized carbons (Fsp3) is 0.318. The summed E-state index contributed by atoms with van der Waals surface area (Å²) in [4.78, 5) is 30.6. The minimum absolute atomic E-state index is 0.0791. The highest BCUT2D eigenvalue weighted by molar-refractivity contribution is 7.99. The summed E-state index contributed by atoms with van der Waals surface area (Å²) in [6.45, 7) is 2.83. The van der Waals surface area contributed by atoms with Crippen LogP contribution in [0.2, 0.25) is 0 Å². The van der Waals surface area contributed by atoms with Gasteiger partial charge in [-0.1, -0.05) is 30.0 Å². The molecule has 0 bridgehead atoms. The Morgan fingerprint density at radius 3 is 2.53 bits per heavy atom. The number of anilines is 1. The molecule has 0 aliphatic rings. The monoisotopic (exact) mass is 455 g/mol. The van der Waals surface area contributed by atoms with Crippen LogP contribution in [-0.4, -0.2) is 64.2 Å². The van der Waals surface area contributed by atoms with Crippen LogP contribution in [0.3, 0.4) is 0 Å². The summed E-state index contributed by atoms with van der Waals surface area (Å²) in [5.41, 5.74) is 1.50. The average Bonchev–Trinajstić information content (AvgIpc) is 3.23. The van der Waals surface area contributed by atoms with E-state index < -0.39 is 5.97 Å². The molecule has 0 aliphatic heterocycles. The number of amides is 1. The van der Waals surface area contributed by atoms with Crippen molar-refractivity contribution < 1.29 is 19.1 Å². The van der Waals surface area contributed by atoms with E-state index in [0.717, 1.165) is 5.56 Å². The third-order valence-electron chi connectivity index (χ3n) is 4.46. The largest absolute Gasteiger partial charge is 0.465 e. The van der Waals surface area contributed by atoms with Gasteiger partial charge in [0.15, 0.2) is 11.0 Å². The molecule has 0 radical (unpaired) electrons. The van der Waals surface area contributed by atoms with Gasteiger partial charge in [0.25, 0.3) is 0 Å². The van der Waals surface area contributed by atoms with E-state index in [1.54, 1.807) is 38.6 Å². The maximum Gasteiger partial charge on any atom is 0.326 e. The van der Waals surface area contributed by atoms with E-state index in [0.29, 0.717) is 29.8 Å². The van der Waals surface area contributed by atoms with E-state index in [9.17, 15) is 9.59 Å². The minimum atomic E-state index is -0.460. The molecule has 0 saturated heterocycles. The number of benzene rings is 1. The lowest BCUT2D eigenvalue weighted by molar-refractivity contribution is -0.142. The zero-order chi connectivity index (χ0) is 22.8. The first-order valence-electron chi connectivity index (χ1n) is 10.1. The first-order chi connectivity index (χ1) is 15.6. The Kier molecular flexibility index (Phi) is 8.76. The van der Waals surface area contributed by atoms with Crippen LogP contribution in [-0.2, 0) is 25.6 Å². The van der Waals surface area contributed by atoms with Crippen LogP contribution in [0.15, 0.2) is 60.0 Å². The normalized spacial score (nSPS) is 10.7. The van der Waals surface area contributed by atoms with Gasteiger partial charge in [-0.15, -0.1) is 10.2 Å². The number of esters is 1. The van der Waals surface area contributed by atoms with Gasteiger partial charge in [-0.3, -0.25) is 19.1 Å². The molecular formula is C22H25N5O4S. The van der Waals surface area contributed by atoms with Gasteiger partial charge >= 0.3 is 5.97 Å². The van der Waals surface area contributed by atoms with Crippen LogP contribution < -0.4 is 4.90 Å². The second kappa shape index (κ2) is 12.0. The zero-order valence-electron chi connectivity index (χ0n) is 18.0. The predicted molar refractivity (Wildman–Crippen MR) is 121 cm³/mol. The van der Waals surface area contributed by atoms with Crippen molar-refractivity contribution in [1.29, 1.82) is 0 Å². The van der Waals surface area contributed by atoms with Crippen molar-refractivity contribution in [2.75, 3.05) is 37.5 Å². The van der Waals surface area contributed by atoms with Crippen molar-refractivity contribution in [2.45, 2.75) is 18.6 Å². The number of ether oxygens (including phenoxy) is 2.